The summed E-state index contributed by atoms with van der Waals surface area (Å²) in [7, 11) is 0. The molecule has 0 fully saturated rings. The van der Waals surface area contributed by atoms with Crippen LogP contribution >= 0.6 is 23.2 Å². The maximum Gasteiger partial charge on any atom is 0.253 e. The van der Waals surface area contributed by atoms with Gasteiger partial charge in [-0.25, -0.2) is 0 Å². The predicted molar refractivity (Wildman–Crippen MR) is 75.9 cm³/mol. The Balaban J connectivity index is 2.51. The highest BCUT2D eigenvalue weighted by molar-refractivity contribution is 6.69. The fraction of sp³-hybridized carbons (Fsp3) is 0. The zero-order chi connectivity index (χ0) is 14.0. The van der Waals surface area contributed by atoms with E-state index in [0.717, 1.165) is 0 Å². The summed E-state index contributed by atoms with van der Waals surface area (Å²) in [5.41, 5.74) is 6.69. The number of nitrogens with two attached hydrogens (primary N) is 1. The van der Waals surface area contributed by atoms with E-state index in [1.807, 2.05) is 6.07 Å². The van der Waals surface area contributed by atoms with Crippen molar-refractivity contribution >= 4 is 39.9 Å². The van der Waals surface area contributed by atoms with Crippen molar-refractivity contribution in [2.75, 3.05) is 5.73 Å². The van der Waals surface area contributed by atoms with Crippen LogP contribution in [0, 0.1) is 0 Å². The number of halogens is 2. The third-order valence-corrected chi connectivity index (χ3v) is 3.28. The topological polar surface area (TPSA) is 60.2 Å². The van der Waals surface area contributed by atoms with Gasteiger partial charge in [-0.2, -0.15) is 0 Å². The number of ketones is 1. The fourth-order valence-corrected chi connectivity index (χ4v) is 2.14. The number of rotatable bonds is 3. The van der Waals surface area contributed by atoms with Crippen molar-refractivity contribution in [1.29, 1.82) is 0 Å². The Morgan fingerprint density at radius 3 is 2.11 bits per heavy atom. The molecule has 2 N–H and O–H groups in total. The Morgan fingerprint density at radius 1 is 0.947 bits per heavy atom. The minimum Gasteiger partial charge on any atom is -0.397 e. The zero-order valence-electron chi connectivity index (χ0n) is 9.69. The van der Waals surface area contributed by atoms with Crippen LogP contribution in [0.15, 0.2) is 42.5 Å². The van der Waals surface area contributed by atoms with E-state index >= 15 is 0 Å². The molecule has 0 heterocycles. The summed E-state index contributed by atoms with van der Waals surface area (Å²) in [6.45, 7) is 0. The monoisotopic (exact) mass is 293 g/mol. The molecule has 0 radical (unpaired) electrons. The second kappa shape index (κ2) is 5.43. The molecule has 0 bridgehead atoms. The molecule has 0 unspecified atom stereocenters. The number of benzene rings is 2. The minimum absolute atomic E-state index is 0.00165. The van der Waals surface area contributed by atoms with E-state index < -0.39 is 5.24 Å². The molecule has 0 atom stereocenters. The number of hydrogen-bond donors (Lipinski definition) is 1. The molecule has 0 amide bonds. The Morgan fingerprint density at radius 2 is 1.53 bits per heavy atom. The van der Waals surface area contributed by atoms with Gasteiger partial charge in [0.2, 0.25) is 0 Å². The highest BCUT2D eigenvalue weighted by Gasteiger charge is 2.18. The fourth-order valence-electron chi connectivity index (χ4n) is 1.69. The van der Waals surface area contributed by atoms with E-state index in [2.05, 4.69) is 0 Å². The number of anilines is 1. The van der Waals surface area contributed by atoms with Crippen molar-refractivity contribution in [2.45, 2.75) is 0 Å². The summed E-state index contributed by atoms with van der Waals surface area (Å²) in [6, 6.07) is 11.5. The molecule has 0 saturated carbocycles. The summed E-state index contributed by atoms with van der Waals surface area (Å²) in [5.74, 6) is -0.256. The Hall–Kier alpha value is -1.84. The number of hydrogen-bond acceptors (Lipinski definition) is 3. The molecule has 5 heteroatoms. The average Bonchev–Trinajstić information content (AvgIpc) is 2.41. The van der Waals surface area contributed by atoms with Gasteiger partial charge in [0, 0.05) is 11.1 Å². The van der Waals surface area contributed by atoms with Crippen molar-refractivity contribution in [1.82, 2.24) is 0 Å². The number of nitrogen functional groups attached to an aromatic ring is 1. The highest BCUT2D eigenvalue weighted by atomic mass is 35.5. The van der Waals surface area contributed by atoms with Gasteiger partial charge >= 0.3 is 0 Å². The third-order valence-electron chi connectivity index (χ3n) is 2.67. The lowest BCUT2D eigenvalue weighted by Crippen LogP contribution is -2.07. The SMILES string of the molecule is Nc1c(C(=O)c2ccccc2)ccc(C(=O)Cl)c1Cl. The van der Waals surface area contributed by atoms with E-state index in [1.54, 1.807) is 24.3 Å². The van der Waals surface area contributed by atoms with Gasteiger partial charge in [-0.3, -0.25) is 9.59 Å². The van der Waals surface area contributed by atoms with Crippen LogP contribution in [0.4, 0.5) is 5.69 Å². The van der Waals surface area contributed by atoms with Crippen molar-refractivity contribution < 1.29 is 9.59 Å². The van der Waals surface area contributed by atoms with Crippen LogP contribution in [0.5, 0.6) is 0 Å². The van der Waals surface area contributed by atoms with Crippen LogP contribution in [0.3, 0.4) is 0 Å². The van der Waals surface area contributed by atoms with Crippen molar-refractivity contribution in [3.05, 3.63) is 64.2 Å². The van der Waals surface area contributed by atoms with Crippen LogP contribution < -0.4 is 5.73 Å². The second-order valence-electron chi connectivity index (χ2n) is 3.86. The van der Waals surface area contributed by atoms with Gasteiger partial charge in [0.25, 0.3) is 5.24 Å². The summed E-state index contributed by atoms with van der Waals surface area (Å²) in [6.07, 6.45) is 0. The molecule has 0 aliphatic rings. The zero-order valence-corrected chi connectivity index (χ0v) is 11.2. The van der Waals surface area contributed by atoms with Crippen LogP contribution in [-0.4, -0.2) is 11.0 Å². The van der Waals surface area contributed by atoms with E-state index in [9.17, 15) is 9.59 Å². The average molecular weight is 294 g/mol. The molecule has 3 nitrogen and oxygen atoms in total. The number of carbonyl (C=O) groups is 2. The lowest BCUT2D eigenvalue weighted by molar-refractivity contribution is 0.103. The largest absolute Gasteiger partial charge is 0.397 e. The normalized spacial score (nSPS) is 10.2. The summed E-state index contributed by atoms with van der Waals surface area (Å²) < 4.78 is 0. The smallest absolute Gasteiger partial charge is 0.253 e. The van der Waals surface area contributed by atoms with Crippen LogP contribution in [0.25, 0.3) is 0 Å². The highest BCUT2D eigenvalue weighted by Crippen LogP contribution is 2.29. The lowest BCUT2D eigenvalue weighted by atomic mass is 10.0. The van der Waals surface area contributed by atoms with Gasteiger partial charge in [0.1, 0.15) is 0 Å². The van der Waals surface area contributed by atoms with Gasteiger partial charge < -0.3 is 5.73 Å². The van der Waals surface area contributed by atoms with E-state index in [4.69, 9.17) is 28.9 Å². The Labute approximate surface area is 119 Å². The van der Waals surface area contributed by atoms with Crippen molar-refractivity contribution in [3.63, 3.8) is 0 Å². The molecule has 96 valence electrons. The third kappa shape index (κ3) is 2.62. The van der Waals surface area contributed by atoms with Gasteiger partial charge in [0.05, 0.1) is 16.3 Å². The molecular weight excluding hydrogens is 285 g/mol. The molecule has 0 spiro atoms. The first-order valence-electron chi connectivity index (χ1n) is 5.40. The minimum atomic E-state index is -0.713. The molecule has 0 aromatic heterocycles. The maximum atomic E-state index is 12.2. The molecule has 19 heavy (non-hydrogen) atoms. The molecule has 2 rings (SSSR count). The van der Waals surface area contributed by atoms with E-state index in [0.29, 0.717) is 5.56 Å². The first kappa shape index (κ1) is 13.6. The van der Waals surface area contributed by atoms with Crippen molar-refractivity contribution in [3.8, 4) is 0 Å². The first-order valence-corrected chi connectivity index (χ1v) is 6.15. The molecular formula is C14H9Cl2NO2. The lowest BCUT2D eigenvalue weighted by Gasteiger charge is -2.08. The Bertz CT molecular complexity index is 654. The molecule has 0 aliphatic heterocycles. The first-order chi connectivity index (χ1) is 9.02. The summed E-state index contributed by atoms with van der Waals surface area (Å²) in [4.78, 5) is 23.4. The molecule has 2 aromatic carbocycles. The van der Waals surface area contributed by atoms with Gasteiger partial charge in [-0.1, -0.05) is 41.9 Å². The van der Waals surface area contributed by atoms with Crippen LogP contribution in [0.1, 0.15) is 26.3 Å². The van der Waals surface area contributed by atoms with E-state index in [-0.39, 0.29) is 27.6 Å². The van der Waals surface area contributed by atoms with Crippen molar-refractivity contribution in [2.24, 2.45) is 0 Å². The Kier molecular flexibility index (Phi) is 3.88. The van der Waals surface area contributed by atoms with Gasteiger partial charge in [-0.15, -0.1) is 0 Å². The molecule has 2 aromatic rings. The summed E-state index contributed by atoms with van der Waals surface area (Å²) >= 11 is 11.3. The predicted octanol–water partition coefficient (Wildman–Crippen LogP) is 3.53. The van der Waals surface area contributed by atoms with Crippen LogP contribution in [-0.2, 0) is 0 Å². The number of carbonyl (C=O) groups excluding carboxylic acids is 2. The quantitative estimate of drug-likeness (QED) is 0.535. The van der Waals surface area contributed by atoms with E-state index in [1.165, 1.54) is 12.1 Å². The summed E-state index contributed by atoms with van der Waals surface area (Å²) in [5, 5.41) is -0.711. The second-order valence-corrected chi connectivity index (χ2v) is 4.58. The van der Waals surface area contributed by atoms with Gasteiger partial charge in [-0.05, 0) is 23.7 Å². The van der Waals surface area contributed by atoms with Crippen LogP contribution in [0.2, 0.25) is 5.02 Å². The standard InChI is InChI=1S/C14H9Cl2NO2/c15-11-9(14(16)19)6-7-10(12(11)17)13(18)8-4-2-1-3-5-8/h1-7H,17H2. The molecule has 0 saturated heterocycles. The maximum absolute atomic E-state index is 12.2. The molecule has 0 aliphatic carbocycles. The van der Waals surface area contributed by atoms with Gasteiger partial charge in [0.15, 0.2) is 5.78 Å².